The Morgan fingerprint density at radius 2 is 1.86 bits per heavy atom. The van der Waals surface area contributed by atoms with Gasteiger partial charge in [0, 0.05) is 23.4 Å². The van der Waals surface area contributed by atoms with Crippen LogP contribution in [-0.2, 0) is 0 Å². The molecule has 0 saturated carbocycles. The predicted molar refractivity (Wildman–Crippen MR) is 105 cm³/mol. The van der Waals surface area contributed by atoms with Crippen molar-refractivity contribution in [1.82, 2.24) is 15.0 Å². The molecule has 28 heavy (non-hydrogen) atoms. The van der Waals surface area contributed by atoms with Gasteiger partial charge in [-0.15, -0.1) is 5.10 Å². The summed E-state index contributed by atoms with van der Waals surface area (Å²) in [6, 6.07) is 19.0. The number of para-hydroxylation sites is 1. The number of nitro groups is 1. The normalized spacial score (nSPS) is 12.0. The maximum absolute atomic E-state index is 11.3. The highest BCUT2D eigenvalue weighted by molar-refractivity contribution is 5.74. The van der Waals surface area contributed by atoms with Gasteiger partial charge >= 0.3 is 0 Å². The van der Waals surface area contributed by atoms with Crippen molar-refractivity contribution in [2.24, 2.45) is 0 Å². The topological polar surface area (TPSA) is 106 Å². The third kappa shape index (κ3) is 3.23. The lowest BCUT2D eigenvalue weighted by Crippen LogP contribution is -2.21. The van der Waals surface area contributed by atoms with E-state index in [1.807, 2.05) is 55.5 Å². The minimum absolute atomic E-state index is 0.0743. The standard InChI is InChI=1S/C20H17N5O3/c1-13-6-8-14(9-7-13)21-20(16-12-15(25(27)28)10-11-19(16)26)24-18-5-3-2-4-17(18)22-23-24/h2-12,20-21,26H,1H3. The second-order valence-corrected chi connectivity index (χ2v) is 6.44. The van der Waals surface area contributed by atoms with Crippen LogP contribution in [-0.4, -0.2) is 25.0 Å². The number of aryl methyl sites for hydroxylation is 1. The van der Waals surface area contributed by atoms with Crippen LogP contribution in [0.3, 0.4) is 0 Å². The van der Waals surface area contributed by atoms with Gasteiger partial charge in [0.2, 0.25) is 0 Å². The van der Waals surface area contributed by atoms with Crippen LogP contribution in [0.15, 0.2) is 66.7 Å². The number of phenolic OH excluding ortho intramolecular Hbond substituents is 1. The van der Waals surface area contributed by atoms with E-state index >= 15 is 0 Å². The zero-order valence-corrected chi connectivity index (χ0v) is 15.0. The SMILES string of the molecule is Cc1ccc(NC(c2cc([N+](=O)[O-])ccc2O)n2nnc3ccccc32)cc1. The average Bonchev–Trinajstić information content (AvgIpc) is 3.12. The predicted octanol–water partition coefficient (Wildman–Crippen LogP) is 4.01. The second-order valence-electron chi connectivity index (χ2n) is 6.44. The lowest BCUT2D eigenvalue weighted by atomic mass is 10.1. The Bertz CT molecular complexity index is 1150. The fourth-order valence-electron chi connectivity index (χ4n) is 3.03. The zero-order valence-electron chi connectivity index (χ0n) is 15.0. The van der Waals surface area contributed by atoms with Gasteiger partial charge in [-0.05, 0) is 37.3 Å². The number of nitrogens with one attached hydrogen (secondary N) is 1. The number of non-ortho nitro benzene ring substituents is 1. The van der Waals surface area contributed by atoms with Crippen LogP contribution in [0, 0.1) is 17.0 Å². The van der Waals surface area contributed by atoms with Crippen LogP contribution in [0.25, 0.3) is 11.0 Å². The van der Waals surface area contributed by atoms with Crippen molar-refractivity contribution >= 4 is 22.4 Å². The molecule has 4 rings (SSSR count). The van der Waals surface area contributed by atoms with Gasteiger partial charge < -0.3 is 10.4 Å². The van der Waals surface area contributed by atoms with Gasteiger partial charge in [0.15, 0.2) is 6.17 Å². The Morgan fingerprint density at radius 1 is 1.11 bits per heavy atom. The number of fused-ring (bicyclic) bond motifs is 1. The van der Waals surface area contributed by atoms with Crippen molar-refractivity contribution in [1.29, 1.82) is 0 Å². The number of aromatic nitrogens is 3. The summed E-state index contributed by atoms with van der Waals surface area (Å²) in [6.45, 7) is 1.98. The molecule has 0 saturated heterocycles. The fraction of sp³-hybridized carbons (Fsp3) is 0.100. The summed E-state index contributed by atoms with van der Waals surface area (Å²) >= 11 is 0. The van der Waals surface area contributed by atoms with E-state index in [4.69, 9.17) is 0 Å². The van der Waals surface area contributed by atoms with E-state index in [1.165, 1.54) is 18.2 Å². The van der Waals surface area contributed by atoms with E-state index in [2.05, 4.69) is 15.6 Å². The maximum atomic E-state index is 11.3. The third-order valence-corrected chi connectivity index (χ3v) is 4.49. The molecule has 0 aliphatic rings. The van der Waals surface area contributed by atoms with Crippen LogP contribution >= 0.6 is 0 Å². The number of phenols is 1. The molecule has 1 aromatic heterocycles. The number of benzene rings is 3. The zero-order chi connectivity index (χ0) is 19.7. The van der Waals surface area contributed by atoms with E-state index in [9.17, 15) is 15.2 Å². The van der Waals surface area contributed by atoms with Gasteiger partial charge in [-0.25, -0.2) is 4.68 Å². The third-order valence-electron chi connectivity index (χ3n) is 4.49. The molecule has 0 amide bonds. The van der Waals surface area contributed by atoms with E-state index in [-0.39, 0.29) is 11.4 Å². The van der Waals surface area contributed by atoms with Crippen LogP contribution in [0.1, 0.15) is 17.3 Å². The van der Waals surface area contributed by atoms with Crippen molar-refractivity contribution in [3.05, 3.63) is 88.0 Å². The first-order valence-corrected chi connectivity index (χ1v) is 8.63. The molecule has 0 radical (unpaired) electrons. The summed E-state index contributed by atoms with van der Waals surface area (Å²) < 4.78 is 1.61. The lowest BCUT2D eigenvalue weighted by molar-refractivity contribution is -0.385. The van der Waals surface area contributed by atoms with E-state index in [0.717, 1.165) is 16.8 Å². The van der Waals surface area contributed by atoms with Crippen molar-refractivity contribution in [3.8, 4) is 5.75 Å². The minimum atomic E-state index is -0.699. The average molecular weight is 375 g/mol. The molecule has 1 unspecified atom stereocenters. The summed E-state index contributed by atoms with van der Waals surface area (Å²) in [6.07, 6.45) is -0.699. The molecular formula is C20H17N5O3. The van der Waals surface area contributed by atoms with Crippen LogP contribution in [0.2, 0.25) is 0 Å². The maximum Gasteiger partial charge on any atom is 0.270 e. The number of anilines is 1. The molecule has 140 valence electrons. The molecule has 1 heterocycles. The molecule has 3 aromatic carbocycles. The first kappa shape index (κ1) is 17.5. The highest BCUT2D eigenvalue weighted by atomic mass is 16.6. The quantitative estimate of drug-likeness (QED) is 0.403. The Hall–Kier alpha value is -3.94. The lowest BCUT2D eigenvalue weighted by Gasteiger charge is -2.22. The highest BCUT2D eigenvalue weighted by Crippen LogP contribution is 2.33. The van der Waals surface area contributed by atoms with E-state index in [1.54, 1.807) is 4.68 Å². The summed E-state index contributed by atoms with van der Waals surface area (Å²) in [4.78, 5) is 10.8. The molecule has 1 atom stereocenters. The molecule has 8 heteroatoms. The highest BCUT2D eigenvalue weighted by Gasteiger charge is 2.23. The number of nitro benzene ring substituents is 1. The molecular weight excluding hydrogens is 358 g/mol. The molecule has 0 bridgehead atoms. The Labute approximate surface area is 160 Å². The van der Waals surface area contributed by atoms with Gasteiger partial charge in [-0.2, -0.15) is 0 Å². The van der Waals surface area contributed by atoms with Crippen molar-refractivity contribution < 1.29 is 10.0 Å². The number of aromatic hydroxyl groups is 1. The molecule has 0 spiro atoms. The Kier molecular flexibility index (Phi) is 4.36. The first-order chi connectivity index (χ1) is 13.5. The van der Waals surface area contributed by atoms with E-state index in [0.29, 0.717) is 11.1 Å². The van der Waals surface area contributed by atoms with Crippen LogP contribution < -0.4 is 5.32 Å². The summed E-state index contributed by atoms with van der Waals surface area (Å²) in [7, 11) is 0. The molecule has 0 fully saturated rings. The summed E-state index contributed by atoms with van der Waals surface area (Å²) in [5.41, 5.74) is 3.51. The van der Waals surface area contributed by atoms with Gasteiger partial charge in [0.1, 0.15) is 11.3 Å². The monoisotopic (exact) mass is 375 g/mol. The van der Waals surface area contributed by atoms with Crippen molar-refractivity contribution in [2.45, 2.75) is 13.1 Å². The van der Waals surface area contributed by atoms with Crippen LogP contribution in [0.5, 0.6) is 5.75 Å². The fourth-order valence-corrected chi connectivity index (χ4v) is 3.03. The summed E-state index contributed by atoms with van der Waals surface area (Å²) in [5.74, 6) is -0.0743. The summed E-state index contributed by atoms with van der Waals surface area (Å²) in [5, 5.41) is 33.4. The van der Waals surface area contributed by atoms with Gasteiger partial charge in [0.25, 0.3) is 5.69 Å². The minimum Gasteiger partial charge on any atom is -0.508 e. The second kappa shape index (κ2) is 6.99. The van der Waals surface area contributed by atoms with Crippen molar-refractivity contribution in [3.63, 3.8) is 0 Å². The largest absolute Gasteiger partial charge is 0.508 e. The smallest absolute Gasteiger partial charge is 0.270 e. The van der Waals surface area contributed by atoms with Crippen molar-refractivity contribution in [2.75, 3.05) is 5.32 Å². The van der Waals surface area contributed by atoms with E-state index < -0.39 is 11.1 Å². The number of nitrogens with zero attached hydrogens (tertiary/aromatic N) is 4. The van der Waals surface area contributed by atoms with Gasteiger partial charge in [-0.1, -0.05) is 35.0 Å². The molecule has 8 nitrogen and oxygen atoms in total. The molecule has 0 aliphatic carbocycles. The van der Waals surface area contributed by atoms with Gasteiger partial charge in [-0.3, -0.25) is 10.1 Å². The number of hydrogen-bond acceptors (Lipinski definition) is 6. The number of rotatable bonds is 5. The molecule has 0 aliphatic heterocycles. The van der Waals surface area contributed by atoms with Crippen LogP contribution in [0.4, 0.5) is 11.4 Å². The number of hydrogen-bond donors (Lipinski definition) is 2. The Morgan fingerprint density at radius 3 is 2.61 bits per heavy atom. The molecule has 4 aromatic rings. The molecule has 2 N–H and O–H groups in total. The first-order valence-electron chi connectivity index (χ1n) is 8.63. The van der Waals surface area contributed by atoms with Gasteiger partial charge in [0.05, 0.1) is 10.4 Å². The Balaban J connectivity index is 1.87.